The molecule has 2 fully saturated rings. The highest BCUT2D eigenvalue weighted by atomic mass is 32.2. The molecule has 1 aliphatic carbocycles. The summed E-state index contributed by atoms with van der Waals surface area (Å²) in [5.41, 5.74) is -0.151. The quantitative estimate of drug-likeness (QED) is 0.797. The standard InChI is InChI=1S/C11H21NO2S/c1-11(6-7-15(13,14)9-11)12-8-10-4-2-3-5-10/h10,12H,2-9H2,1H3. The Morgan fingerprint density at radius 1 is 1.33 bits per heavy atom. The van der Waals surface area contributed by atoms with E-state index in [4.69, 9.17) is 0 Å². The van der Waals surface area contributed by atoms with Crippen LogP contribution in [-0.2, 0) is 9.84 Å². The van der Waals surface area contributed by atoms with E-state index < -0.39 is 9.84 Å². The third-order valence-electron chi connectivity index (χ3n) is 3.80. The van der Waals surface area contributed by atoms with Gasteiger partial charge in [0.05, 0.1) is 11.5 Å². The van der Waals surface area contributed by atoms with Gasteiger partial charge in [-0.1, -0.05) is 12.8 Å². The molecular formula is C11H21NO2S. The van der Waals surface area contributed by atoms with E-state index in [1.165, 1.54) is 25.7 Å². The highest BCUT2D eigenvalue weighted by Gasteiger charge is 2.38. The minimum absolute atomic E-state index is 0.151. The fraction of sp³-hybridized carbons (Fsp3) is 1.00. The third kappa shape index (κ3) is 2.94. The molecule has 1 aliphatic heterocycles. The highest BCUT2D eigenvalue weighted by Crippen LogP contribution is 2.27. The molecule has 3 nitrogen and oxygen atoms in total. The molecule has 0 bridgehead atoms. The molecule has 0 aromatic carbocycles. The van der Waals surface area contributed by atoms with E-state index in [0.29, 0.717) is 11.5 Å². The van der Waals surface area contributed by atoms with Gasteiger partial charge in [0, 0.05) is 5.54 Å². The zero-order chi connectivity index (χ0) is 10.9. The smallest absolute Gasteiger partial charge is 0.152 e. The average Bonchev–Trinajstić information content (AvgIpc) is 2.71. The molecule has 15 heavy (non-hydrogen) atoms. The minimum atomic E-state index is -2.76. The maximum Gasteiger partial charge on any atom is 0.152 e. The van der Waals surface area contributed by atoms with Gasteiger partial charge >= 0.3 is 0 Å². The van der Waals surface area contributed by atoms with Gasteiger partial charge in [0.15, 0.2) is 9.84 Å². The van der Waals surface area contributed by atoms with Gasteiger partial charge < -0.3 is 5.32 Å². The molecule has 0 amide bonds. The van der Waals surface area contributed by atoms with Crippen molar-refractivity contribution in [3.05, 3.63) is 0 Å². The Balaban J connectivity index is 1.83. The van der Waals surface area contributed by atoms with E-state index in [-0.39, 0.29) is 5.54 Å². The summed E-state index contributed by atoms with van der Waals surface area (Å²) in [4.78, 5) is 0. The first-order valence-corrected chi connectivity index (χ1v) is 7.77. The molecule has 1 saturated heterocycles. The second-order valence-electron chi connectivity index (χ2n) is 5.43. The monoisotopic (exact) mass is 231 g/mol. The molecule has 2 rings (SSSR count). The summed E-state index contributed by atoms with van der Waals surface area (Å²) >= 11 is 0. The maximum absolute atomic E-state index is 11.4. The maximum atomic E-state index is 11.4. The lowest BCUT2D eigenvalue weighted by Gasteiger charge is -2.25. The first kappa shape index (κ1) is 11.4. The van der Waals surface area contributed by atoms with Crippen molar-refractivity contribution >= 4 is 9.84 Å². The van der Waals surface area contributed by atoms with Crippen LogP contribution in [0.15, 0.2) is 0 Å². The lowest BCUT2D eigenvalue weighted by atomic mass is 10.00. The number of sulfone groups is 1. The van der Waals surface area contributed by atoms with Crippen LogP contribution in [-0.4, -0.2) is 32.0 Å². The molecule has 1 N–H and O–H groups in total. The first-order valence-electron chi connectivity index (χ1n) is 5.95. The average molecular weight is 231 g/mol. The van der Waals surface area contributed by atoms with Gasteiger partial charge in [-0.05, 0) is 38.6 Å². The van der Waals surface area contributed by atoms with Crippen molar-refractivity contribution in [3.8, 4) is 0 Å². The number of hydrogen-bond donors (Lipinski definition) is 1. The van der Waals surface area contributed by atoms with Crippen LogP contribution in [0.25, 0.3) is 0 Å². The number of rotatable bonds is 3. The summed E-state index contributed by atoms with van der Waals surface area (Å²) in [5, 5.41) is 3.48. The van der Waals surface area contributed by atoms with E-state index in [2.05, 4.69) is 5.32 Å². The van der Waals surface area contributed by atoms with Gasteiger partial charge in [0.2, 0.25) is 0 Å². The molecule has 1 unspecified atom stereocenters. The van der Waals surface area contributed by atoms with Crippen LogP contribution in [0.1, 0.15) is 39.0 Å². The van der Waals surface area contributed by atoms with Crippen LogP contribution in [0, 0.1) is 5.92 Å². The Bertz CT molecular complexity index is 319. The van der Waals surface area contributed by atoms with Gasteiger partial charge in [-0.2, -0.15) is 0 Å². The van der Waals surface area contributed by atoms with Crippen molar-refractivity contribution in [2.75, 3.05) is 18.1 Å². The molecule has 0 radical (unpaired) electrons. The van der Waals surface area contributed by atoms with E-state index in [9.17, 15) is 8.42 Å². The topological polar surface area (TPSA) is 46.2 Å². The van der Waals surface area contributed by atoms with Gasteiger partial charge in [-0.3, -0.25) is 0 Å². The second-order valence-corrected chi connectivity index (χ2v) is 7.62. The Morgan fingerprint density at radius 2 is 2.00 bits per heavy atom. The highest BCUT2D eigenvalue weighted by molar-refractivity contribution is 7.91. The first-order chi connectivity index (χ1) is 6.99. The number of nitrogens with one attached hydrogen (secondary N) is 1. The Hall–Kier alpha value is -0.0900. The summed E-state index contributed by atoms with van der Waals surface area (Å²) in [6, 6.07) is 0. The molecule has 1 atom stereocenters. The zero-order valence-corrected chi connectivity index (χ0v) is 10.3. The zero-order valence-electron chi connectivity index (χ0n) is 9.46. The largest absolute Gasteiger partial charge is 0.310 e. The van der Waals surface area contributed by atoms with Crippen molar-refractivity contribution in [2.24, 2.45) is 5.92 Å². The fourth-order valence-corrected chi connectivity index (χ4v) is 4.88. The van der Waals surface area contributed by atoms with Gasteiger partial charge in [-0.15, -0.1) is 0 Å². The number of hydrogen-bond acceptors (Lipinski definition) is 3. The van der Waals surface area contributed by atoms with Crippen LogP contribution < -0.4 is 5.32 Å². The lowest BCUT2D eigenvalue weighted by molar-refractivity contribution is 0.355. The summed E-state index contributed by atoms with van der Waals surface area (Å²) in [6.45, 7) is 3.05. The molecular weight excluding hydrogens is 210 g/mol. The minimum Gasteiger partial charge on any atom is -0.310 e. The second kappa shape index (κ2) is 4.06. The summed E-state index contributed by atoms with van der Waals surface area (Å²) in [7, 11) is -2.76. The van der Waals surface area contributed by atoms with Gasteiger partial charge in [-0.25, -0.2) is 8.42 Å². The SMILES string of the molecule is CC1(NCC2CCCC2)CCS(=O)(=O)C1. The molecule has 0 aromatic heterocycles. The normalized spacial score (nSPS) is 36.1. The third-order valence-corrected chi connectivity index (χ3v) is 5.70. The summed E-state index contributed by atoms with van der Waals surface area (Å²) in [5.74, 6) is 1.47. The van der Waals surface area contributed by atoms with Crippen molar-refractivity contribution < 1.29 is 8.42 Å². The van der Waals surface area contributed by atoms with E-state index in [0.717, 1.165) is 18.9 Å². The molecule has 0 aromatic rings. The van der Waals surface area contributed by atoms with Gasteiger partial charge in [0.1, 0.15) is 0 Å². The Labute approximate surface area is 92.6 Å². The lowest BCUT2D eigenvalue weighted by Crippen LogP contribution is -2.45. The van der Waals surface area contributed by atoms with Crippen molar-refractivity contribution in [1.29, 1.82) is 0 Å². The Morgan fingerprint density at radius 3 is 2.53 bits per heavy atom. The predicted octanol–water partition coefficient (Wildman–Crippen LogP) is 1.34. The van der Waals surface area contributed by atoms with Crippen LogP contribution in [0.2, 0.25) is 0 Å². The van der Waals surface area contributed by atoms with Crippen LogP contribution >= 0.6 is 0 Å². The van der Waals surface area contributed by atoms with E-state index in [1.807, 2.05) is 6.92 Å². The molecule has 1 saturated carbocycles. The van der Waals surface area contributed by atoms with E-state index in [1.54, 1.807) is 0 Å². The van der Waals surface area contributed by atoms with Crippen molar-refractivity contribution in [1.82, 2.24) is 5.32 Å². The predicted molar refractivity (Wildman–Crippen MR) is 61.6 cm³/mol. The van der Waals surface area contributed by atoms with E-state index >= 15 is 0 Å². The molecule has 2 aliphatic rings. The van der Waals surface area contributed by atoms with Crippen LogP contribution in [0.3, 0.4) is 0 Å². The Kier molecular flexibility index (Phi) is 3.08. The van der Waals surface area contributed by atoms with Crippen molar-refractivity contribution in [3.63, 3.8) is 0 Å². The molecule has 88 valence electrons. The fourth-order valence-electron chi connectivity index (χ4n) is 2.76. The molecule has 4 heteroatoms. The van der Waals surface area contributed by atoms with Crippen LogP contribution in [0.5, 0.6) is 0 Å². The van der Waals surface area contributed by atoms with Gasteiger partial charge in [0.25, 0.3) is 0 Å². The van der Waals surface area contributed by atoms with Crippen LogP contribution in [0.4, 0.5) is 0 Å². The summed E-state index contributed by atoms with van der Waals surface area (Å²) < 4.78 is 22.8. The molecule has 0 spiro atoms. The molecule has 1 heterocycles. The van der Waals surface area contributed by atoms with Crippen molar-refractivity contribution in [2.45, 2.75) is 44.6 Å². The summed E-state index contributed by atoms with van der Waals surface area (Å²) in [6.07, 6.45) is 6.11.